The van der Waals surface area contributed by atoms with Gasteiger partial charge in [-0.1, -0.05) is 38.1 Å². The van der Waals surface area contributed by atoms with E-state index in [4.69, 9.17) is 14.2 Å². The molecule has 0 radical (unpaired) electrons. The maximum absolute atomic E-state index is 12.0. The van der Waals surface area contributed by atoms with E-state index in [1.54, 1.807) is 42.5 Å². The van der Waals surface area contributed by atoms with Crippen LogP contribution < -0.4 is 22.7 Å². The Labute approximate surface area is 219 Å². The molecule has 0 aliphatic heterocycles. The summed E-state index contributed by atoms with van der Waals surface area (Å²) >= 11 is 5.30. The van der Waals surface area contributed by atoms with Gasteiger partial charge in [0.05, 0.1) is 5.56 Å². The number of halogens is 3. The first-order chi connectivity index (χ1) is 15.3. The van der Waals surface area contributed by atoms with Crippen LogP contribution in [0.5, 0.6) is 11.5 Å². The van der Waals surface area contributed by atoms with Gasteiger partial charge in [-0.15, -0.1) is 0 Å². The first kappa shape index (κ1) is 33.2. The zero-order chi connectivity index (χ0) is 24.8. The molecule has 32 heavy (non-hydrogen) atoms. The number of rotatable bonds is 7. The minimum atomic E-state index is -0.557. The summed E-state index contributed by atoms with van der Waals surface area (Å²) in [6.07, 6.45) is 0. The van der Waals surface area contributed by atoms with E-state index < -0.39 is 11.9 Å². The molecule has 2 aromatic rings. The van der Waals surface area contributed by atoms with Crippen LogP contribution in [0.2, 0.25) is 0 Å². The van der Waals surface area contributed by atoms with Gasteiger partial charge < -0.3 is 23.7 Å². The van der Waals surface area contributed by atoms with Crippen LogP contribution in [0.15, 0.2) is 54.6 Å². The second-order valence-corrected chi connectivity index (χ2v) is 21.6. The predicted molar refractivity (Wildman–Crippen MR) is 137 cm³/mol. The summed E-state index contributed by atoms with van der Waals surface area (Å²) in [6.45, 7) is 6.66. The number of methoxy groups -OCH3 is 1. The van der Waals surface area contributed by atoms with Gasteiger partial charge in [0.2, 0.25) is 0 Å². The van der Waals surface area contributed by atoms with E-state index in [0.717, 1.165) is 0 Å². The number of hydrogen-bond donors (Lipinski definition) is 0. The van der Waals surface area contributed by atoms with Crippen LogP contribution in [0, 0.1) is 0 Å². The van der Waals surface area contributed by atoms with Crippen LogP contribution in [-0.4, -0.2) is 38.2 Å². The van der Waals surface area contributed by atoms with E-state index in [1.807, 2.05) is 19.9 Å². The standard InChI is InChI=1S/C17H16O6.C3H6O.C2H6.I3/c1-20-12-22-16(18)11-21-14-8-5-9-15(10-14)23-17(19)13-6-3-2-4-7-13;1-3(2)4;1-2;1-3-2/h2-10H,11-12H2,1H3;1-2H3;1-2H3;/q;;;-1. The molecule has 0 aliphatic rings. The van der Waals surface area contributed by atoms with Gasteiger partial charge in [-0.25, -0.2) is 9.59 Å². The third-order valence-electron chi connectivity index (χ3n) is 2.72. The number of ketones is 1. The molecule has 0 aliphatic carbocycles. The molecule has 0 bridgehead atoms. The van der Waals surface area contributed by atoms with Gasteiger partial charge in [0.15, 0.2) is 13.4 Å². The molecule has 180 valence electrons. The van der Waals surface area contributed by atoms with E-state index >= 15 is 0 Å². The van der Waals surface area contributed by atoms with Crippen molar-refractivity contribution in [2.45, 2.75) is 27.7 Å². The second kappa shape index (κ2) is 23.2. The normalized spacial score (nSPS) is 8.84. The van der Waals surface area contributed by atoms with Gasteiger partial charge in [0, 0.05) is 13.2 Å². The van der Waals surface area contributed by atoms with Crippen molar-refractivity contribution in [1.82, 2.24) is 0 Å². The summed E-state index contributed by atoms with van der Waals surface area (Å²) in [5, 5.41) is 0. The molecule has 0 heterocycles. The van der Waals surface area contributed by atoms with Crippen molar-refractivity contribution in [3.05, 3.63) is 60.2 Å². The van der Waals surface area contributed by atoms with Crippen LogP contribution in [0.3, 0.4) is 0 Å². The summed E-state index contributed by atoms with van der Waals surface area (Å²) in [4.78, 5) is 32.7. The fraction of sp³-hybridized carbons (Fsp3) is 0.318. The molecule has 0 N–H and O–H groups in total. The van der Waals surface area contributed by atoms with Crippen LogP contribution in [0.1, 0.15) is 38.1 Å². The summed E-state index contributed by atoms with van der Waals surface area (Å²) in [5.41, 5.74) is 0.446. The quantitative estimate of drug-likeness (QED) is 0.185. The van der Waals surface area contributed by atoms with Crippen molar-refractivity contribution in [2.75, 3.05) is 20.5 Å². The van der Waals surface area contributed by atoms with Gasteiger partial charge >= 0.3 is 62.4 Å². The Kier molecular flexibility index (Phi) is 24.0. The van der Waals surface area contributed by atoms with Crippen LogP contribution >= 0.6 is 37.2 Å². The molecule has 7 nitrogen and oxygen atoms in total. The Morgan fingerprint density at radius 2 is 1.44 bits per heavy atom. The topological polar surface area (TPSA) is 88.1 Å². The molecule has 0 amide bonds. The number of esters is 2. The zero-order valence-corrected chi connectivity index (χ0v) is 25.1. The average molecular weight is 785 g/mol. The Morgan fingerprint density at radius 3 is 1.97 bits per heavy atom. The van der Waals surface area contributed by atoms with Gasteiger partial charge in [-0.3, -0.25) is 0 Å². The van der Waals surface area contributed by atoms with Crippen molar-refractivity contribution in [3.8, 4) is 11.5 Å². The number of carbonyl (C=O) groups excluding carboxylic acids is 3. The van der Waals surface area contributed by atoms with E-state index in [9.17, 15) is 14.4 Å². The van der Waals surface area contributed by atoms with Crippen molar-refractivity contribution in [1.29, 1.82) is 0 Å². The first-order valence-electron chi connectivity index (χ1n) is 9.32. The average Bonchev–Trinajstić information content (AvgIpc) is 2.78. The molecule has 0 atom stereocenters. The molecule has 0 unspecified atom stereocenters. The zero-order valence-electron chi connectivity index (χ0n) is 18.6. The number of carbonyl (C=O) groups is 3. The van der Waals surface area contributed by atoms with Crippen LogP contribution in [0.4, 0.5) is 0 Å². The van der Waals surface area contributed by atoms with Gasteiger partial charge in [0.25, 0.3) is 0 Å². The fourth-order valence-corrected chi connectivity index (χ4v) is 1.68. The molecule has 0 aromatic heterocycles. The van der Waals surface area contributed by atoms with Crippen molar-refractivity contribution in [2.24, 2.45) is 0 Å². The predicted octanol–water partition coefficient (Wildman–Crippen LogP) is 2.83. The summed E-state index contributed by atoms with van der Waals surface area (Å²) in [6, 6.07) is 15.1. The summed E-state index contributed by atoms with van der Waals surface area (Å²) in [7, 11) is 1.42. The molecule has 0 saturated carbocycles. The fourth-order valence-electron chi connectivity index (χ4n) is 1.68. The van der Waals surface area contributed by atoms with E-state index in [-0.39, 0.29) is 19.2 Å². The Balaban J connectivity index is 0. The Hall–Kier alpha value is -1.000. The van der Waals surface area contributed by atoms with Gasteiger partial charge in [0.1, 0.15) is 17.3 Å². The third-order valence-corrected chi connectivity index (χ3v) is 2.72. The second-order valence-electron chi connectivity index (χ2n) is 5.40. The summed E-state index contributed by atoms with van der Waals surface area (Å²) < 4.78 is 19.8. The van der Waals surface area contributed by atoms with Crippen LogP contribution in [-0.2, 0) is 19.1 Å². The molecule has 0 spiro atoms. The molecule has 0 saturated heterocycles. The number of Topliss-reactive ketones (excluding diaryl/α,β-unsaturated/α-hetero) is 1. The maximum atomic E-state index is 12.0. The number of ether oxygens (including phenoxy) is 4. The van der Waals surface area contributed by atoms with E-state index in [1.165, 1.54) is 27.0 Å². The molecule has 2 rings (SSSR count). The van der Waals surface area contributed by atoms with Gasteiger partial charge in [-0.2, -0.15) is 0 Å². The van der Waals surface area contributed by atoms with E-state index in [2.05, 4.69) is 42.0 Å². The number of benzene rings is 2. The van der Waals surface area contributed by atoms with Crippen molar-refractivity contribution >= 4 is 55.0 Å². The minimum absolute atomic E-state index is 0.128. The van der Waals surface area contributed by atoms with E-state index in [0.29, 0.717) is 30.3 Å². The third kappa shape index (κ3) is 19.7. The molecule has 2 aromatic carbocycles. The Morgan fingerprint density at radius 1 is 0.906 bits per heavy atom. The Bertz CT molecular complexity index is 767. The molecule has 10 heteroatoms. The first-order valence-corrected chi connectivity index (χ1v) is 21.9. The molecular weight excluding hydrogens is 757 g/mol. The SMILES string of the molecule is CC.CC(C)=O.COCOC(=O)COc1cccc(OC(=O)c2ccccc2)c1.I[I-]I. The summed E-state index contributed by atoms with van der Waals surface area (Å²) in [5.74, 6) is -0.153. The molecular formula is C22H28I3O7-. The molecule has 0 fully saturated rings. The van der Waals surface area contributed by atoms with Crippen molar-refractivity contribution in [3.63, 3.8) is 0 Å². The van der Waals surface area contributed by atoms with Crippen LogP contribution in [0.25, 0.3) is 0 Å². The van der Waals surface area contributed by atoms with Crippen molar-refractivity contribution < 1.29 is 46.6 Å². The monoisotopic (exact) mass is 785 g/mol. The number of hydrogen-bond acceptors (Lipinski definition) is 7. The van der Waals surface area contributed by atoms with Gasteiger partial charge in [-0.05, 0) is 38.1 Å².